The van der Waals surface area contributed by atoms with E-state index in [1.165, 1.54) is 0 Å². The summed E-state index contributed by atoms with van der Waals surface area (Å²) in [5.41, 5.74) is 6.57. The molecule has 0 saturated carbocycles. The molecule has 2 rings (SSSR count). The number of nitrogens with one attached hydrogen (secondary N) is 1. The van der Waals surface area contributed by atoms with Gasteiger partial charge < -0.3 is 15.8 Å². The van der Waals surface area contributed by atoms with Gasteiger partial charge in [-0.25, -0.2) is 8.78 Å². The highest BCUT2D eigenvalue weighted by Crippen LogP contribution is 2.32. The van der Waals surface area contributed by atoms with E-state index in [0.29, 0.717) is 10.9 Å². The van der Waals surface area contributed by atoms with Gasteiger partial charge in [0.1, 0.15) is 6.61 Å². The van der Waals surface area contributed by atoms with Crippen molar-refractivity contribution in [1.29, 1.82) is 0 Å². The maximum Gasteiger partial charge on any atom is 0.289 e. The van der Waals surface area contributed by atoms with Crippen LogP contribution in [0, 0.1) is 0 Å². The number of hydrogen-bond donors (Lipinski definition) is 3. The number of aromatic amines is 1. The molecule has 1 aromatic carbocycles. The van der Waals surface area contributed by atoms with Crippen molar-refractivity contribution in [2.45, 2.75) is 12.0 Å². The van der Waals surface area contributed by atoms with Crippen molar-refractivity contribution in [3.8, 4) is 0 Å². The Hall–Kier alpha value is -1.17. The van der Waals surface area contributed by atoms with Gasteiger partial charge in [-0.1, -0.05) is 12.1 Å². The molecule has 1 aromatic heterocycles. The minimum atomic E-state index is -3.31. The molecule has 0 radical (unpaired) electrons. The zero-order valence-electron chi connectivity index (χ0n) is 8.86. The normalized spacial score (nSPS) is 13.4. The van der Waals surface area contributed by atoms with Gasteiger partial charge in [0, 0.05) is 17.1 Å². The van der Waals surface area contributed by atoms with Gasteiger partial charge in [-0.15, -0.1) is 12.4 Å². The molecule has 0 unspecified atom stereocenters. The second-order valence-electron chi connectivity index (χ2n) is 3.68. The first-order valence-electron chi connectivity index (χ1n) is 4.86. The van der Waals surface area contributed by atoms with Crippen LogP contribution < -0.4 is 5.73 Å². The SMILES string of the molecule is Cl.N[C@@H](c1cccc2[nH]ccc12)C(F)(F)CO. The van der Waals surface area contributed by atoms with Crippen LogP contribution >= 0.6 is 12.4 Å². The van der Waals surface area contributed by atoms with Crippen LogP contribution in [-0.2, 0) is 0 Å². The van der Waals surface area contributed by atoms with Crippen molar-refractivity contribution in [3.63, 3.8) is 0 Å². The summed E-state index contributed by atoms with van der Waals surface area (Å²) < 4.78 is 26.6. The van der Waals surface area contributed by atoms with Crippen LogP contribution in [0.25, 0.3) is 10.9 Å². The second-order valence-corrected chi connectivity index (χ2v) is 3.68. The highest BCUT2D eigenvalue weighted by atomic mass is 35.5. The Bertz CT molecular complexity index is 501. The Labute approximate surface area is 103 Å². The van der Waals surface area contributed by atoms with Crippen molar-refractivity contribution in [2.75, 3.05) is 6.61 Å². The van der Waals surface area contributed by atoms with Crippen LogP contribution in [0.1, 0.15) is 11.6 Å². The number of alkyl halides is 2. The molecule has 0 aliphatic heterocycles. The highest BCUT2D eigenvalue weighted by molar-refractivity contribution is 5.85. The first-order chi connectivity index (χ1) is 7.56. The predicted molar refractivity (Wildman–Crippen MR) is 64.5 cm³/mol. The molecule has 1 heterocycles. The summed E-state index contributed by atoms with van der Waals surface area (Å²) in [6.45, 7) is -1.25. The topological polar surface area (TPSA) is 62.0 Å². The first kappa shape index (κ1) is 13.9. The Morgan fingerprint density at radius 3 is 2.71 bits per heavy atom. The van der Waals surface area contributed by atoms with Crippen LogP contribution in [0.3, 0.4) is 0 Å². The van der Waals surface area contributed by atoms with Crippen molar-refractivity contribution in [2.24, 2.45) is 5.73 Å². The molecule has 0 aliphatic carbocycles. The van der Waals surface area contributed by atoms with Crippen molar-refractivity contribution in [3.05, 3.63) is 36.0 Å². The van der Waals surface area contributed by atoms with Crippen LogP contribution in [0.15, 0.2) is 30.5 Å². The lowest BCUT2D eigenvalue weighted by atomic mass is 9.98. The number of fused-ring (bicyclic) bond motifs is 1. The van der Waals surface area contributed by atoms with E-state index in [1.807, 2.05) is 0 Å². The molecule has 17 heavy (non-hydrogen) atoms. The summed E-state index contributed by atoms with van der Waals surface area (Å²) in [5.74, 6) is -3.31. The van der Waals surface area contributed by atoms with Crippen molar-refractivity contribution in [1.82, 2.24) is 4.98 Å². The van der Waals surface area contributed by atoms with Crippen LogP contribution in [-0.4, -0.2) is 22.6 Å². The Kier molecular flexibility index (Phi) is 4.08. The van der Waals surface area contributed by atoms with Crippen molar-refractivity contribution >= 4 is 23.3 Å². The molecule has 3 nitrogen and oxygen atoms in total. The molecular formula is C11H13ClF2N2O. The summed E-state index contributed by atoms with van der Waals surface area (Å²) in [5, 5.41) is 9.27. The second kappa shape index (κ2) is 5.00. The Morgan fingerprint density at radius 2 is 2.06 bits per heavy atom. The Morgan fingerprint density at radius 1 is 1.35 bits per heavy atom. The third-order valence-corrected chi connectivity index (χ3v) is 2.63. The summed E-state index contributed by atoms with van der Waals surface area (Å²) in [4.78, 5) is 2.92. The molecule has 2 aromatic rings. The molecule has 0 spiro atoms. The average molecular weight is 263 g/mol. The lowest BCUT2D eigenvalue weighted by molar-refractivity contribution is -0.0708. The van der Waals surface area contributed by atoms with Crippen LogP contribution in [0.5, 0.6) is 0 Å². The number of halogens is 3. The van der Waals surface area contributed by atoms with Gasteiger partial charge in [0.05, 0.1) is 6.04 Å². The molecule has 0 bridgehead atoms. The molecule has 6 heteroatoms. The molecule has 0 amide bonds. The van der Waals surface area contributed by atoms with E-state index in [-0.39, 0.29) is 12.4 Å². The zero-order chi connectivity index (χ0) is 11.8. The minimum Gasteiger partial charge on any atom is -0.390 e. The summed E-state index contributed by atoms with van der Waals surface area (Å²) in [6, 6.07) is 5.17. The van der Waals surface area contributed by atoms with Crippen LogP contribution in [0.4, 0.5) is 8.78 Å². The number of aromatic nitrogens is 1. The molecule has 4 N–H and O–H groups in total. The van der Waals surface area contributed by atoms with E-state index in [2.05, 4.69) is 4.98 Å². The van der Waals surface area contributed by atoms with Gasteiger partial charge in [0.2, 0.25) is 0 Å². The number of hydrogen-bond acceptors (Lipinski definition) is 2. The van der Waals surface area contributed by atoms with Gasteiger partial charge in [-0.2, -0.15) is 0 Å². The lowest BCUT2D eigenvalue weighted by Crippen LogP contribution is -2.36. The molecule has 94 valence electrons. The molecule has 0 saturated heterocycles. The van der Waals surface area contributed by atoms with Gasteiger partial charge in [0.15, 0.2) is 0 Å². The number of aliphatic hydroxyl groups is 1. The van der Waals surface area contributed by atoms with E-state index in [4.69, 9.17) is 10.8 Å². The van der Waals surface area contributed by atoms with Crippen LogP contribution in [0.2, 0.25) is 0 Å². The van der Waals surface area contributed by atoms with Gasteiger partial charge in [0.25, 0.3) is 5.92 Å². The summed E-state index contributed by atoms with van der Waals surface area (Å²) in [7, 11) is 0. The standard InChI is InChI=1S/C11H12F2N2O.ClH/c12-11(13,6-16)10(14)8-2-1-3-9-7(8)4-5-15-9;/h1-5,10,15-16H,6,14H2;1H/t10-;/m0./s1. The fourth-order valence-corrected chi connectivity index (χ4v) is 1.71. The Balaban J connectivity index is 0.00000144. The third-order valence-electron chi connectivity index (χ3n) is 2.63. The van der Waals surface area contributed by atoms with E-state index in [1.54, 1.807) is 30.5 Å². The monoisotopic (exact) mass is 262 g/mol. The number of nitrogens with two attached hydrogens (primary N) is 1. The highest BCUT2D eigenvalue weighted by Gasteiger charge is 2.38. The largest absolute Gasteiger partial charge is 0.390 e. The minimum absolute atomic E-state index is 0. The lowest BCUT2D eigenvalue weighted by Gasteiger charge is -2.22. The predicted octanol–water partition coefficient (Wildman–Crippen LogP) is 2.22. The van der Waals surface area contributed by atoms with E-state index in [9.17, 15) is 8.78 Å². The van der Waals surface area contributed by atoms with Gasteiger partial charge in [-0.3, -0.25) is 0 Å². The number of aliphatic hydroxyl groups excluding tert-OH is 1. The smallest absolute Gasteiger partial charge is 0.289 e. The zero-order valence-corrected chi connectivity index (χ0v) is 9.68. The fourth-order valence-electron chi connectivity index (χ4n) is 1.71. The average Bonchev–Trinajstić information content (AvgIpc) is 2.75. The van der Waals surface area contributed by atoms with E-state index >= 15 is 0 Å². The maximum absolute atomic E-state index is 13.3. The molecule has 0 aliphatic rings. The number of benzene rings is 1. The summed E-state index contributed by atoms with van der Waals surface area (Å²) in [6.07, 6.45) is 1.66. The summed E-state index contributed by atoms with van der Waals surface area (Å²) >= 11 is 0. The van der Waals surface area contributed by atoms with Crippen molar-refractivity contribution < 1.29 is 13.9 Å². The van der Waals surface area contributed by atoms with E-state index in [0.717, 1.165) is 5.52 Å². The van der Waals surface area contributed by atoms with Gasteiger partial charge in [-0.05, 0) is 17.7 Å². The number of H-pyrrole nitrogens is 1. The third kappa shape index (κ3) is 2.41. The molecule has 0 fully saturated rings. The first-order valence-corrected chi connectivity index (χ1v) is 4.86. The number of rotatable bonds is 3. The molecular weight excluding hydrogens is 250 g/mol. The van der Waals surface area contributed by atoms with Gasteiger partial charge >= 0.3 is 0 Å². The van der Waals surface area contributed by atoms with E-state index < -0.39 is 18.6 Å². The fraction of sp³-hybridized carbons (Fsp3) is 0.273. The molecule has 1 atom stereocenters. The maximum atomic E-state index is 13.3. The quantitative estimate of drug-likeness (QED) is 0.794.